The number of rotatable bonds is 3. The van der Waals surface area contributed by atoms with E-state index in [1.165, 1.54) is 5.71 Å². The fraction of sp³-hybridized carbons (Fsp3) is 0.476. The standard InChI is InChI=1S/C21H25Cl3N5O/c1-20(2)12-14(11-15(13-20)29-7-9-30-10-8-29)27-28-18-16-5-3-4-6-17(16)25-19(26-18)21(22,23)24/h3-6,12,27H,7-11,13H2,1-2H3,(H,25,26,28)/q+1. The number of hydrogen-bond acceptors (Lipinski definition) is 5. The number of fused-ring (bicyclic) bond motifs is 1. The van der Waals surface area contributed by atoms with Crippen LogP contribution in [0.15, 0.2) is 36.0 Å². The lowest BCUT2D eigenvalue weighted by molar-refractivity contribution is -0.551. The molecule has 2 N–H and O–H groups in total. The van der Waals surface area contributed by atoms with Gasteiger partial charge in [-0.3, -0.25) is 5.43 Å². The minimum atomic E-state index is -1.70. The van der Waals surface area contributed by atoms with E-state index in [0.717, 1.165) is 50.2 Å². The molecule has 1 saturated heterocycles. The van der Waals surface area contributed by atoms with E-state index in [2.05, 4.69) is 45.3 Å². The fourth-order valence-corrected chi connectivity index (χ4v) is 4.26. The molecule has 0 atom stereocenters. The van der Waals surface area contributed by atoms with Crippen LogP contribution in [-0.4, -0.2) is 46.6 Å². The van der Waals surface area contributed by atoms with Crippen LogP contribution in [-0.2, 0) is 8.53 Å². The van der Waals surface area contributed by atoms with Crippen molar-refractivity contribution >= 4 is 57.2 Å². The molecule has 1 aliphatic carbocycles. The highest BCUT2D eigenvalue weighted by Gasteiger charge is 2.32. The number of halogens is 3. The van der Waals surface area contributed by atoms with Gasteiger partial charge in [-0.2, -0.15) is 0 Å². The van der Waals surface area contributed by atoms with Gasteiger partial charge in [0.2, 0.25) is 3.79 Å². The van der Waals surface area contributed by atoms with Crippen LogP contribution in [0.4, 0.5) is 5.82 Å². The number of nitrogens with zero attached hydrogens (tertiary/aromatic N) is 3. The quantitative estimate of drug-likeness (QED) is 0.392. The van der Waals surface area contributed by atoms with Crippen molar-refractivity contribution in [2.75, 3.05) is 31.7 Å². The van der Waals surface area contributed by atoms with Gasteiger partial charge in [0.15, 0.2) is 30.4 Å². The number of aromatic nitrogens is 2. The van der Waals surface area contributed by atoms with Crippen LogP contribution in [0.1, 0.15) is 32.5 Å². The first-order chi connectivity index (χ1) is 14.2. The molecule has 6 nitrogen and oxygen atoms in total. The van der Waals surface area contributed by atoms with Crippen molar-refractivity contribution in [1.82, 2.24) is 15.4 Å². The Bertz CT molecular complexity index is 1010. The number of ether oxygens (including phenoxy) is 1. The molecule has 4 rings (SSSR count). The average Bonchev–Trinajstić information content (AvgIpc) is 2.70. The van der Waals surface area contributed by atoms with Crippen LogP contribution in [0.5, 0.6) is 0 Å². The van der Waals surface area contributed by atoms with E-state index in [0.29, 0.717) is 11.3 Å². The molecule has 1 fully saturated rings. The normalized spacial score (nSPS) is 19.6. The first-order valence-electron chi connectivity index (χ1n) is 9.96. The second-order valence-electron chi connectivity index (χ2n) is 8.34. The molecule has 1 aromatic heterocycles. The van der Waals surface area contributed by atoms with E-state index >= 15 is 0 Å². The Morgan fingerprint density at radius 2 is 1.80 bits per heavy atom. The van der Waals surface area contributed by atoms with Crippen molar-refractivity contribution in [2.45, 2.75) is 30.5 Å². The van der Waals surface area contributed by atoms with Crippen molar-refractivity contribution in [3.8, 4) is 0 Å². The molecule has 9 heteroatoms. The van der Waals surface area contributed by atoms with Crippen LogP contribution in [0.25, 0.3) is 10.9 Å². The zero-order chi connectivity index (χ0) is 21.4. The van der Waals surface area contributed by atoms with E-state index < -0.39 is 3.79 Å². The van der Waals surface area contributed by atoms with Gasteiger partial charge in [0.1, 0.15) is 13.2 Å². The monoisotopic (exact) mass is 468 g/mol. The SMILES string of the molecule is CC1(C)C=C(NNc2nc(C(Cl)(Cl)Cl)nc3ccccc23)CC(=[N+]2CCOCC2)C1. The number of hydrazine groups is 1. The minimum absolute atomic E-state index is 0.0480. The summed E-state index contributed by atoms with van der Waals surface area (Å²) in [4.78, 5) is 8.85. The predicted octanol–water partition coefficient (Wildman–Crippen LogP) is 4.56. The Balaban J connectivity index is 1.61. The largest absolute Gasteiger partial charge is 0.368 e. The Morgan fingerprint density at radius 3 is 2.53 bits per heavy atom. The summed E-state index contributed by atoms with van der Waals surface area (Å²) in [6.45, 7) is 7.93. The summed E-state index contributed by atoms with van der Waals surface area (Å²) in [6.07, 6.45) is 4.14. The number of anilines is 1. The number of allylic oxidation sites excluding steroid dienone is 2. The van der Waals surface area contributed by atoms with Crippen molar-refractivity contribution in [2.24, 2.45) is 5.41 Å². The molecule has 0 unspecified atom stereocenters. The maximum absolute atomic E-state index is 6.05. The summed E-state index contributed by atoms with van der Waals surface area (Å²) < 4.78 is 6.25. The molecular formula is C21H25Cl3N5O+. The predicted molar refractivity (Wildman–Crippen MR) is 122 cm³/mol. The number of alkyl halides is 3. The number of benzene rings is 1. The molecular weight excluding hydrogens is 445 g/mol. The molecule has 1 aliphatic heterocycles. The van der Waals surface area contributed by atoms with Gasteiger partial charge in [-0.05, 0) is 17.5 Å². The number of nitrogens with one attached hydrogen (secondary N) is 2. The number of hydrogen-bond donors (Lipinski definition) is 2. The number of para-hydroxylation sites is 1. The van der Waals surface area contributed by atoms with Crippen LogP contribution in [0, 0.1) is 5.41 Å². The Hall–Kier alpha value is -1.60. The summed E-state index contributed by atoms with van der Waals surface area (Å²) in [6, 6.07) is 7.63. The summed E-state index contributed by atoms with van der Waals surface area (Å²) in [5.74, 6) is 0.702. The van der Waals surface area contributed by atoms with E-state index in [1.807, 2.05) is 24.3 Å². The molecule has 0 bridgehead atoms. The van der Waals surface area contributed by atoms with Gasteiger partial charge >= 0.3 is 0 Å². The molecule has 160 valence electrons. The van der Waals surface area contributed by atoms with Gasteiger partial charge in [-0.1, -0.05) is 66.9 Å². The summed E-state index contributed by atoms with van der Waals surface area (Å²) in [5.41, 5.74) is 9.84. The van der Waals surface area contributed by atoms with E-state index in [1.54, 1.807) is 0 Å². The smallest absolute Gasteiger partial charge is 0.250 e. The van der Waals surface area contributed by atoms with Crippen LogP contribution in [0.2, 0.25) is 0 Å². The van der Waals surface area contributed by atoms with Crippen molar-refractivity contribution in [3.05, 3.63) is 41.9 Å². The van der Waals surface area contributed by atoms with E-state index in [4.69, 9.17) is 39.5 Å². The summed E-state index contributed by atoms with van der Waals surface area (Å²) in [7, 11) is 0. The molecule has 0 amide bonds. The van der Waals surface area contributed by atoms with Crippen LogP contribution >= 0.6 is 34.8 Å². The van der Waals surface area contributed by atoms with Crippen molar-refractivity contribution in [1.29, 1.82) is 0 Å². The average molecular weight is 470 g/mol. The van der Waals surface area contributed by atoms with Crippen molar-refractivity contribution in [3.63, 3.8) is 0 Å². The van der Waals surface area contributed by atoms with Gasteiger partial charge in [-0.25, -0.2) is 14.5 Å². The minimum Gasteiger partial charge on any atom is -0.368 e. The lowest BCUT2D eigenvalue weighted by Crippen LogP contribution is -2.39. The Labute approximate surface area is 191 Å². The topological polar surface area (TPSA) is 62.1 Å². The highest BCUT2D eigenvalue weighted by Crippen LogP contribution is 2.37. The maximum atomic E-state index is 6.05. The van der Waals surface area contributed by atoms with Crippen molar-refractivity contribution < 1.29 is 9.31 Å². The highest BCUT2D eigenvalue weighted by atomic mass is 35.6. The highest BCUT2D eigenvalue weighted by molar-refractivity contribution is 6.66. The third-order valence-corrected chi connectivity index (χ3v) is 5.78. The van der Waals surface area contributed by atoms with Gasteiger partial charge in [0, 0.05) is 17.5 Å². The third kappa shape index (κ3) is 4.99. The zero-order valence-corrected chi connectivity index (χ0v) is 19.3. The molecule has 30 heavy (non-hydrogen) atoms. The van der Waals surface area contributed by atoms with Crippen LogP contribution in [0.3, 0.4) is 0 Å². The zero-order valence-electron chi connectivity index (χ0n) is 17.0. The third-order valence-electron chi connectivity index (χ3n) is 5.28. The second-order valence-corrected chi connectivity index (χ2v) is 10.6. The maximum Gasteiger partial charge on any atom is 0.250 e. The van der Waals surface area contributed by atoms with E-state index in [9.17, 15) is 0 Å². The van der Waals surface area contributed by atoms with Gasteiger partial charge in [-0.15, -0.1) is 0 Å². The second kappa shape index (κ2) is 8.50. The summed E-state index contributed by atoms with van der Waals surface area (Å²) in [5, 5.41) is 0.844. The molecule has 2 aromatic rings. The lowest BCUT2D eigenvalue weighted by Gasteiger charge is -2.29. The fourth-order valence-electron chi connectivity index (χ4n) is 4.00. The molecule has 2 heterocycles. The molecule has 0 radical (unpaired) electrons. The van der Waals surface area contributed by atoms with E-state index in [-0.39, 0.29) is 11.2 Å². The van der Waals surface area contributed by atoms with Gasteiger partial charge in [0.25, 0.3) is 0 Å². The lowest BCUT2D eigenvalue weighted by atomic mass is 9.80. The molecule has 0 saturated carbocycles. The van der Waals surface area contributed by atoms with Gasteiger partial charge < -0.3 is 10.2 Å². The first-order valence-corrected chi connectivity index (χ1v) is 11.1. The van der Waals surface area contributed by atoms with Crippen LogP contribution < -0.4 is 10.9 Å². The summed E-state index contributed by atoms with van der Waals surface area (Å²) >= 11 is 18.1. The van der Waals surface area contributed by atoms with Gasteiger partial charge in [0.05, 0.1) is 11.9 Å². The molecule has 1 aromatic carbocycles. The Morgan fingerprint density at radius 1 is 1.07 bits per heavy atom. The molecule has 0 spiro atoms. The molecule has 2 aliphatic rings. The first kappa shape index (κ1) is 21.6. The number of morpholine rings is 1. The Kier molecular flexibility index (Phi) is 6.13.